The Morgan fingerprint density at radius 1 is 1.15 bits per heavy atom. The molecule has 2 aromatic carbocycles. The molecule has 134 valence electrons. The van der Waals surface area contributed by atoms with E-state index in [-0.39, 0.29) is 12.3 Å². The molecule has 5 heteroatoms. The number of carbonyl (C=O) groups excluding carboxylic acids is 1. The average Bonchev–Trinajstić information content (AvgIpc) is 3.05. The highest BCUT2D eigenvalue weighted by Gasteiger charge is 2.16. The van der Waals surface area contributed by atoms with E-state index < -0.39 is 0 Å². The van der Waals surface area contributed by atoms with Crippen LogP contribution in [0.3, 0.4) is 0 Å². The van der Waals surface area contributed by atoms with Crippen molar-refractivity contribution in [3.8, 4) is 12.1 Å². The standard InChI is InChI=1S/C22H20N4O/c1-25(14-18-7-4-6-17(12-18)13-24)16-22(27)20-15-26(11-5-10-23)21-9-3-2-8-19(20)21/h2-4,6-9,12,15H,5,11,14,16H2,1H3. The number of aryl methyl sites for hydroxylation is 1. The topological polar surface area (TPSA) is 72.8 Å². The van der Waals surface area contributed by atoms with E-state index in [1.54, 1.807) is 6.07 Å². The van der Waals surface area contributed by atoms with Gasteiger partial charge in [-0.15, -0.1) is 0 Å². The lowest BCUT2D eigenvalue weighted by Gasteiger charge is -2.15. The lowest BCUT2D eigenvalue weighted by molar-refractivity contribution is 0.0944. The van der Waals surface area contributed by atoms with Crippen LogP contribution in [0.2, 0.25) is 0 Å². The summed E-state index contributed by atoms with van der Waals surface area (Å²) in [6, 6.07) is 19.5. The number of carbonyl (C=O) groups is 1. The van der Waals surface area contributed by atoms with E-state index in [2.05, 4.69) is 12.1 Å². The second-order valence-corrected chi connectivity index (χ2v) is 6.57. The van der Waals surface area contributed by atoms with Crippen molar-refractivity contribution in [3.05, 3.63) is 71.4 Å². The number of rotatable bonds is 7. The molecule has 0 fully saturated rings. The summed E-state index contributed by atoms with van der Waals surface area (Å²) in [6.07, 6.45) is 2.26. The Labute approximate surface area is 158 Å². The third kappa shape index (κ3) is 4.23. The fraction of sp³-hybridized carbons (Fsp3) is 0.227. The van der Waals surface area contributed by atoms with Gasteiger partial charge < -0.3 is 4.57 Å². The molecule has 0 aliphatic carbocycles. The number of Topliss-reactive ketones (excluding diaryl/α,β-unsaturated/α-hetero) is 1. The molecule has 3 aromatic rings. The van der Waals surface area contributed by atoms with E-state index in [1.165, 1.54) is 0 Å². The zero-order chi connectivity index (χ0) is 19.2. The van der Waals surface area contributed by atoms with Crippen molar-refractivity contribution in [2.75, 3.05) is 13.6 Å². The van der Waals surface area contributed by atoms with Crippen molar-refractivity contribution in [1.82, 2.24) is 9.47 Å². The highest BCUT2D eigenvalue weighted by molar-refractivity contribution is 6.09. The van der Waals surface area contributed by atoms with E-state index in [1.807, 2.05) is 65.2 Å². The van der Waals surface area contributed by atoms with Gasteiger partial charge in [-0.25, -0.2) is 0 Å². The molecule has 1 aromatic heterocycles. The number of likely N-dealkylation sites (N-methyl/N-ethyl adjacent to an activating group) is 1. The number of ketones is 1. The van der Waals surface area contributed by atoms with Crippen LogP contribution in [0.4, 0.5) is 0 Å². The second kappa shape index (κ2) is 8.31. The van der Waals surface area contributed by atoms with Gasteiger partial charge in [0.2, 0.25) is 0 Å². The average molecular weight is 356 g/mol. The van der Waals surface area contributed by atoms with E-state index >= 15 is 0 Å². The summed E-state index contributed by atoms with van der Waals surface area (Å²) in [4.78, 5) is 14.8. The Morgan fingerprint density at radius 2 is 1.96 bits per heavy atom. The number of nitrogens with zero attached hydrogens (tertiary/aromatic N) is 4. The van der Waals surface area contributed by atoms with Crippen LogP contribution in [0.15, 0.2) is 54.7 Å². The summed E-state index contributed by atoms with van der Waals surface area (Å²) in [7, 11) is 1.89. The van der Waals surface area contributed by atoms with Gasteiger partial charge in [0.25, 0.3) is 0 Å². The van der Waals surface area contributed by atoms with Gasteiger partial charge in [-0.2, -0.15) is 10.5 Å². The minimum Gasteiger partial charge on any atom is -0.346 e. The second-order valence-electron chi connectivity index (χ2n) is 6.57. The number of fused-ring (bicyclic) bond motifs is 1. The van der Waals surface area contributed by atoms with Gasteiger partial charge in [-0.1, -0.05) is 30.3 Å². The first-order chi connectivity index (χ1) is 13.1. The fourth-order valence-electron chi connectivity index (χ4n) is 3.26. The minimum absolute atomic E-state index is 0.0424. The quantitative estimate of drug-likeness (QED) is 0.605. The van der Waals surface area contributed by atoms with Crippen molar-refractivity contribution in [2.45, 2.75) is 19.5 Å². The molecule has 0 spiro atoms. The zero-order valence-corrected chi connectivity index (χ0v) is 15.2. The lowest BCUT2D eigenvalue weighted by Crippen LogP contribution is -2.25. The highest BCUT2D eigenvalue weighted by Crippen LogP contribution is 2.22. The van der Waals surface area contributed by atoms with Crippen LogP contribution in [0.1, 0.15) is 27.9 Å². The SMILES string of the molecule is CN(CC(=O)c1cn(CCC#N)c2ccccc12)Cc1cccc(C#N)c1. The van der Waals surface area contributed by atoms with Crippen LogP contribution >= 0.6 is 0 Å². The molecule has 0 N–H and O–H groups in total. The smallest absolute Gasteiger partial charge is 0.178 e. The minimum atomic E-state index is 0.0424. The van der Waals surface area contributed by atoms with E-state index in [9.17, 15) is 4.79 Å². The van der Waals surface area contributed by atoms with Crippen LogP contribution in [-0.4, -0.2) is 28.8 Å². The Kier molecular flexibility index (Phi) is 5.66. The van der Waals surface area contributed by atoms with Gasteiger partial charge in [-0.05, 0) is 30.8 Å². The number of hydrogen-bond acceptors (Lipinski definition) is 4. The van der Waals surface area contributed by atoms with Crippen molar-refractivity contribution >= 4 is 16.7 Å². The largest absolute Gasteiger partial charge is 0.346 e. The number of para-hydroxylation sites is 1. The zero-order valence-electron chi connectivity index (χ0n) is 15.2. The van der Waals surface area contributed by atoms with Crippen LogP contribution in [-0.2, 0) is 13.1 Å². The molecule has 0 amide bonds. The molecular weight excluding hydrogens is 336 g/mol. The van der Waals surface area contributed by atoms with Gasteiger partial charge in [0.05, 0.1) is 30.7 Å². The van der Waals surface area contributed by atoms with Gasteiger partial charge in [0, 0.05) is 35.8 Å². The van der Waals surface area contributed by atoms with Gasteiger partial charge in [0.1, 0.15) is 0 Å². The summed E-state index contributed by atoms with van der Waals surface area (Å²) in [5, 5.41) is 18.8. The number of hydrogen-bond donors (Lipinski definition) is 0. The maximum absolute atomic E-state index is 12.9. The summed E-state index contributed by atoms with van der Waals surface area (Å²) in [5.74, 6) is 0.0424. The van der Waals surface area contributed by atoms with Gasteiger partial charge in [-0.3, -0.25) is 9.69 Å². The summed E-state index contributed by atoms with van der Waals surface area (Å²) in [5.41, 5.74) is 3.27. The van der Waals surface area contributed by atoms with Crippen LogP contribution in [0, 0.1) is 22.7 Å². The summed E-state index contributed by atoms with van der Waals surface area (Å²) < 4.78 is 1.97. The van der Waals surface area contributed by atoms with Crippen LogP contribution in [0.5, 0.6) is 0 Å². The predicted molar refractivity (Wildman–Crippen MR) is 104 cm³/mol. The third-order valence-corrected chi connectivity index (χ3v) is 4.48. The molecular formula is C22H20N4O. The van der Waals surface area contributed by atoms with Crippen molar-refractivity contribution < 1.29 is 4.79 Å². The predicted octanol–water partition coefficient (Wildman–Crippen LogP) is 3.74. The van der Waals surface area contributed by atoms with Crippen LogP contribution < -0.4 is 0 Å². The molecule has 5 nitrogen and oxygen atoms in total. The molecule has 0 aliphatic heterocycles. The first kappa shape index (κ1) is 18.4. The number of benzene rings is 2. The van der Waals surface area contributed by atoms with Gasteiger partial charge in [0.15, 0.2) is 5.78 Å². The molecule has 0 unspecified atom stereocenters. The maximum atomic E-state index is 12.9. The molecule has 0 bridgehead atoms. The molecule has 0 radical (unpaired) electrons. The molecule has 1 heterocycles. The van der Waals surface area contributed by atoms with Crippen molar-refractivity contribution in [2.24, 2.45) is 0 Å². The summed E-state index contributed by atoms with van der Waals surface area (Å²) >= 11 is 0. The molecule has 3 rings (SSSR count). The normalized spacial score (nSPS) is 10.7. The Balaban J connectivity index is 1.77. The molecule has 0 aliphatic rings. The van der Waals surface area contributed by atoms with E-state index in [0.717, 1.165) is 16.5 Å². The number of aromatic nitrogens is 1. The van der Waals surface area contributed by atoms with Crippen molar-refractivity contribution in [3.63, 3.8) is 0 Å². The van der Waals surface area contributed by atoms with Crippen molar-refractivity contribution in [1.29, 1.82) is 10.5 Å². The van der Waals surface area contributed by atoms with Gasteiger partial charge >= 0.3 is 0 Å². The molecule has 27 heavy (non-hydrogen) atoms. The Hall–Kier alpha value is -3.41. The fourth-order valence-corrected chi connectivity index (χ4v) is 3.26. The highest BCUT2D eigenvalue weighted by atomic mass is 16.1. The summed E-state index contributed by atoms with van der Waals surface area (Å²) in [6.45, 7) is 1.44. The molecule has 0 atom stereocenters. The lowest BCUT2D eigenvalue weighted by atomic mass is 10.1. The number of nitriles is 2. The monoisotopic (exact) mass is 356 g/mol. The third-order valence-electron chi connectivity index (χ3n) is 4.48. The Bertz CT molecular complexity index is 1050. The molecule has 0 saturated heterocycles. The van der Waals surface area contributed by atoms with E-state index in [0.29, 0.717) is 30.6 Å². The molecule has 0 saturated carbocycles. The maximum Gasteiger partial charge on any atom is 0.178 e. The van der Waals surface area contributed by atoms with E-state index in [4.69, 9.17) is 10.5 Å². The first-order valence-electron chi connectivity index (χ1n) is 8.78. The Morgan fingerprint density at radius 3 is 2.74 bits per heavy atom. The first-order valence-corrected chi connectivity index (χ1v) is 8.78. The van der Waals surface area contributed by atoms with Crippen LogP contribution in [0.25, 0.3) is 10.9 Å².